The van der Waals surface area contributed by atoms with Gasteiger partial charge in [0, 0.05) is 25.0 Å². The van der Waals surface area contributed by atoms with Gasteiger partial charge in [0.1, 0.15) is 0 Å². The minimum atomic E-state index is 0.337. The molecule has 1 aliphatic rings. The van der Waals surface area contributed by atoms with E-state index in [0.717, 1.165) is 25.4 Å². The van der Waals surface area contributed by atoms with E-state index < -0.39 is 0 Å². The van der Waals surface area contributed by atoms with E-state index in [4.69, 9.17) is 4.74 Å². The highest BCUT2D eigenvalue weighted by Gasteiger charge is 2.32. The summed E-state index contributed by atoms with van der Waals surface area (Å²) >= 11 is 4.06. The fraction of sp³-hybridized carbons (Fsp3) is 0.656. The van der Waals surface area contributed by atoms with Gasteiger partial charge < -0.3 is 9.30 Å². The van der Waals surface area contributed by atoms with Gasteiger partial charge >= 0.3 is 0 Å². The molecule has 3 nitrogen and oxygen atoms in total. The monoisotopic (exact) mass is 554 g/mol. The molecule has 0 spiro atoms. The third kappa shape index (κ3) is 10.3. The first-order valence-corrected chi connectivity index (χ1v) is 17.0. The van der Waals surface area contributed by atoms with Gasteiger partial charge in [-0.25, -0.2) is 4.98 Å². The van der Waals surface area contributed by atoms with E-state index in [1.165, 1.54) is 76.3 Å². The number of nitrogens with zero attached hydrogens (tertiary/aromatic N) is 2. The van der Waals surface area contributed by atoms with Crippen LogP contribution in [0, 0.1) is 6.92 Å². The number of hydrogen-bond acceptors (Lipinski definition) is 4. The van der Waals surface area contributed by atoms with Gasteiger partial charge in [-0.3, -0.25) is 0 Å². The molecule has 3 heterocycles. The number of aromatic nitrogens is 2. The zero-order valence-corrected chi connectivity index (χ0v) is 26.3. The number of thiophene rings is 2. The topological polar surface area (TPSA) is 27.1 Å². The van der Waals surface area contributed by atoms with E-state index in [1.54, 1.807) is 20.7 Å². The zero-order valence-electron chi connectivity index (χ0n) is 24.7. The van der Waals surface area contributed by atoms with Crippen LogP contribution in [-0.4, -0.2) is 29.0 Å². The van der Waals surface area contributed by atoms with Crippen molar-refractivity contribution < 1.29 is 4.74 Å². The lowest BCUT2D eigenvalue weighted by Gasteiger charge is -2.26. The first-order valence-electron chi connectivity index (χ1n) is 15.2. The molecule has 4 rings (SSSR count). The zero-order chi connectivity index (χ0) is 27.2. The number of imidazole rings is 1. The maximum atomic E-state index is 5.45. The molecule has 0 unspecified atom stereocenters. The van der Waals surface area contributed by atoms with Crippen molar-refractivity contribution in [2.75, 3.05) is 6.61 Å². The summed E-state index contributed by atoms with van der Waals surface area (Å²) in [6.07, 6.45) is 20.1. The Kier molecular flexibility index (Phi) is 14.2. The Balaban J connectivity index is 0.000000260. The summed E-state index contributed by atoms with van der Waals surface area (Å²) in [5, 5.41) is 4.87. The predicted octanol–water partition coefficient (Wildman–Crippen LogP) is 8.44. The Labute approximate surface area is 241 Å². The summed E-state index contributed by atoms with van der Waals surface area (Å²) in [7, 11) is 0. The molecule has 0 saturated heterocycles. The SMILES string of the molecule is CCCCc1csc(B(c2cc(CCCC)cs2)C2CCCCC2)c1.Cc1cncn1CCCOC(C)C. The lowest BCUT2D eigenvalue weighted by Crippen LogP contribution is -2.43. The van der Waals surface area contributed by atoms with Crippen LogP contribution in [0.2, 0.25) is 5.82 Å². The second-order valence-electron chi connectivity index (χ2n) is 11.3. The fourth-order valence-electron chi connectivity index (χ4n) is 5.39. The molecule has 1 saturated carbocycles. The Hall–Kier alpha value is -1.37. The highest BCUT2D eigenvalue weighted by Crippen LogP contribution is 2.32. The minimum Gasteiger partial charge on any atom is -0.379 e. The van der Waals surface area contributed by atoms with Crippen LogP contribution < -0.4 is 9.55 Å². The van der Waals surface area contributed by atoms with E-state index in [2.05, 4.69) is 67.1 Å². The summed E-state index contributed by atoms with van der Waals surface area (Å²) in [6.45, 7) is 13.3. The highest BCUT2D eigenvalue weighted by molar-refractivity contribution is 7.31. The van der Waals surface area contributed by atoms with Gasteiger partial charge in [-0.05, 0) is 84.3 Å². The molecular formula is C32H51BN2OS2. The van der Waals surface area contributed by atoms with Crippen LogP contribution >= 0.6 is 22.7 Å². The largest absolute Gasteiger partial charge is 0.379 e. The number of aryl methyl sites for hydroxylation is 4. The summed E-state index contributed by atoms with van der Waals surface area (Å²) in [5.74, 6) is 0.865. The average Bonchev–Trinajstić information content (AvgIpc) is 3.68. The van der Waals surface area contributed by atoms with Crippen molar-refractivity contribution in [2.45, 2.75) is 130 Å². The standard InChI is InChI=1S/C22H33BS2.C10H18N2O/c1-3-5-10-18-14-21(24-16-18)23(20-12-8-7-9-13-20)22-15-19(17-25-22)11-6-4-2;1-9(2)13-6-4-5-12-8-11-7-10(12)3/h14-17,20H,3-13H2,1-2H3;7-9H,4-6H2,1-3H3. The number of rotatable bonds is 14. The first kappa shape index (κ1) is 31.2. The van der Waals surface area contributed by atoms with Crippen molar-refractivity contribution in [3.05, 3.63) is 52.2 Å². The highest BCUT2D eigenvalue weighted by atomic mass is 32.1. The van der Waals surface area contributed by atoms with E-state index in [0.29, 0.717) is 12.8 Å². The van der Waals surface area contributed by atoms with E-state index in [1.807, 2.05) is 35.2 Å². The van der Waals surface area contributed by atoms with E-state index in [9.17, 15) is 0 Å². The molecule has 0 radical (unpaired) electrons. The molecule has 0 aliphatic heterocycles. The van der Waals surface area contributed by atoms with Gasteiger partial charge in [-0.2, -0.15) is 22.7 Å². The molecule has 3 aromatic heterocycles. The fourth-order valence-corrected chi connectivity index (χ4v) is 7.78. The second kappa shape index (κ2) is 17.4. The van der Waals surface area contributed by atoms with Crippen molar-refractivity contribution in [2.24, 2.45) is 0 Å². The predicted molar refractivity (Wildman–Crippen MR) is 170 cm³/mol. The van der Waals surface area contributed by atoms with E-state index >= 15 is 0 Å². The number of unbranched alkanes of at least 4 members (excludes halogenated alkanes) is 2. The summed E-state index contributed by atoms with van der Waals surface area (Å²) in [4.78, 5) is 4.06. The smallest absolute Gasteiger partial charge is 0.238 e. The molecule has 6 heteroatoms. The summed E-state index contributed by atoms with van der Waals surface area (Å²) < 4.78 is 10.9. The maximum Gasteiger partial charge on any atom is 0.238 e. The van der Waals surface area contributed by atoms with Gasteiger partial charge in [-0.1, -0.05) is 76.7 Å². The Morgan fingerprint density at radius 1 is 0.947 bits per heavy atom. The van der Waals surface area contributed by atoms with Crippen LogP contribution in [0.4, 0.5) is 0 Å². The minimum absolute atomic E-state index is 0.337. The van der Waals surface area contributed by atoms with Crippen molar-refractivity contribution in [3.8, 4) is 0 Å². The molecule has 0 atom stereocenters. The van der Waals surface area contributed by atoms with Crippen molar-refractivity contribution in [3.63, 3.8) is 0 Å². The van der Waals surface area contributed by atoms with Crippen LogP contribution in [0.5, 0.6) is 0 Å². The molecule has 0 aromatic carbocycles. The van der Waals surface area contributed by atoms with Crippen LogP contribution in [0.25, 0.3) is 0 Å². The molecule has 0 amide bonds. The van der Waals surface area contributed by atoms with Crippen LogP contribution in [0.15, 0.2) is 35.4 Å². The summed E-state index contributed by atoms with van der Waals surface area (Å²) in [6, 6.07) is 5.09. The molecule has 210 valence electrons. The summed E-state index contributed by atoms with van der Waals surface area (Å²) in [5.41, 5.74) is 4.36. The molecule has 0 N–H and O–H groups in total. The lowest BCUT2D eigenvalue weighted by atomic mass is 9.37. The Bertz CT molecular complexity index is 972. The van der Waals surface area contributed by atoms with Gasteiger partial charge in [0.15, 0.2) is 0 Å². The third-order valence-electron chi connectivity index (χ3n) is 7.64. The van der Waals surface area contributed by atoms with Gasteiger partial charge in [0.25, 0.3) is 0 Å². The first-order chi connectivity index (χ1) is 18.5. The molecule has 0 bridgehead atoms. The van der Waals surface area contributed by atoms with Crippen molar-refractivity contribution in [1.29, 1.82) is 0 Å². The van der Waals surface area contributed by atoms with Crippen molar-refractivity contribution in [1.82, 2.24) is 9.55 Å². The Morgan fingerprint density at radius 3 is 2.05 bits per heavy atom. The molecule has 3 aromatic rings. The molecule has 1 aliphatic carbocycles. The average molecular weight is 555 g/mol. The van der Waals surface area contributed by atoms with Crippen LogP contribution in [0.3, 0.4) is 0 Å². The number of ether oxygens (including phenoxy) is 1. The third-order valence-corrected chi connectivity index (χ3v) is 9.76. The molecule has 1 fully saturated rings. The second-order valence-corrected chi connectivity index (χ2v) is 13.2. The lowest BCUT2D eigenvalue weighted by molar-refractivity contribution is 0.0748. The van der Waals surface area contributed by atoms with Gasteiger partial charge in [0.05, 0.1) is 12.4 Å². The number of hydrogen-bond donors (Lipinski definition) is 0. The van der Waals surface area contributed by atoms with Gasteiger partial charge in [0.2, 0.25) is 6.71 Å². The Morgan fingerprint density at radius 2 is 1.55 bits per heavy atom. The van der Waals surface area contributed by atoms with Crippen LogP contribution in [0.1, 0.15) is 109 Å². The quantitative estimate of drug-likeness (QED) is 0.148. The maximum absolute atomic E-state index is 5.45. The van der Waals surface area contributed by atoms with Crippen LogP contribution in [-0.2, 0) is 24.1 Å². The normalized spacial score (nSPS) is 14.1. The van der Waals surface area contributed by atoms with Crippen molar-refractivity contribution >= 4 is 38.9 Å². The molecular weight excluding hydrogens is 503 g/mol. The molecule has 38 heavy (non-hydrogen) atoms. The van der Waals surface area contributed by atoms with Gasteiger partial charge in [-0.15, -0.1) is 0 Å². The van der Waals surface area contributed by atoms with E-state index in [-0.39, 0.29) is 0 Å².